The van der Waals surface area contributed by atoms with Gasteiger partial charge in [-0.25, -0.2) is 0 Å². The maximum absolute atomic E-state index is 9.42. The lowest BCUT2D eigenvalue weighted by molar-refractivity contribution is 0.0468. The van der Waals surface area contributed by atoms with Gasteiger partial charge in [0, 0.05) is 12.6 Å². The van der Waals surface area contributed by atoms with E-state index in [1.807, 2.05) is 0 Å². The van der Waals surface area contributed by atoms with E-state index in [1.54, 1.807) is 0 Å². The quantitative estimate of drug-likeness (QED) is 0.832. The van der Waals surface area contributed by atoms with Gasteiger partial charge in [0.25, 0.3) is 0 Å². The highest BCUT2D eigenvalue weighted by molar-refractivity contribution is 5.15. The largest absolute Gasteiger partial charge is 0.312 e. The van der Waals surface area contributed by atoms with Crippen LogP contribution in [0, 0.1) is 23.2 Å². The number of nitriles is 1. The predicted molar refractivity (Wildman–Crippen MR) is 71.8 cm³/mol. The molecule has 3 nitrogen and oxygen atoms in total. The Morgan fingerprint density at radius 1 is 1.11 bits per heavy atom. The molecule has 0 aromatic rings. The molecule has 2 aliphatic carbocycles. The Morgan fingerprint density at radius 3 is 2.56 bits per heavy atom. The maximum Gasteiger partial charge on any atom is 0.119 e. The van der Waals surface area contributed by atoms with E-state index in [0.29, 0.717) is 5.92 Å². The van der Waals surface area contributed by atoms with Crippen molar-refractivity contribution in [2.24, 2.45) is 17.6 Å². The second-order valence-electron chi connectivity index (χ2n) is 6.65. The smallest absolute Gasteiger partial charge is 0.119 e. The van der Waals surface area contributed by atoms with Crippen molar-refractivity contribution >= 4 is 0 Å². The summed E-state index contributed by atoms with van der Waals surface area (Å²) in [6, 6.07) is 3.14. The molecule has 1 saturated heterocycles. The van der Waals surface area contributed by atoms with Crippen LogP contribution >= 0.6 is 0 Å². The van der Waals surface area contributed by atoms with Gasteiger partial charge in [0.05, 0.1) is 6.07 Å². The van der Waals surface area contributed by atoms with Crippen LogP contribution in [0.4, 0.5) is 0 Å². The van der Waals surface area contributed by atoms with Crippen LogP contribution in [0.2, 0.25) is 0 Å². The van der Waals surface area contributed by atoms with Gasteiger partial charge in [0.2, 0.25) is 0 Å². The molecule has 0 spiro atoms. The summed E-state index contributed by atoms with van der Waals surface area (Å²) in [7, 11) is 0. The van der Waals surface area contributed by atoms with Crippen molar-refractivity contribution in [1.29, 1.82) is 5.26 Å². The third-order valence-corrected chi connectivity index (χ3v) is 5.34. The van der Waals surface area contributed by atoms with Gasteiger partial charge < -0.3 is 5.73 Å². The Bertz CT molecular complexity index is 342. The SMILES string of the molecule is N#CC(N)(CN1CCCC2CCCCC21)C1CC1. The summed E-state index contributed by atoms with van der Waals surface area (Å²) in [6.07, 6.45) is 10.5. The molecule has 3 fully saturated rings. The van der Waals surface area contributed by atoms with Crippen LogP contribution in [0.5, 0.6) is 0 Å². The van der Waals surface area contributed by atoms with Crippen molar-refractivity contribution in [3.63, 3.8) is 0 Å². The van der Waals surface area contributed by atoms with Crippen LogP contribution in [0.1, 0.15) is 51.4 Å². The van der Waals surface area contributed by atoms with Crippen molar-refractivity contribution in [1.82, 2.24) is 4.90 Å². The van der Waals surface area contributed by atoms with E-state index in [4.69, 9.17) is 5.73 Å². The third kappa shape index (κ3) is 2.29. The minimum atomic E-state index is -0.570. The fourth-order valence-electron chi connectivity index (χ4n) is 4.11. The molecule has 1 aliphatic heterocycles. The number of hydrogen-bond donors (Lipinski definition) is 1. The summed E-state index contributed by atoms with van der Waals surface area (Å²) in [6.45, 7) is 1.98. The predicted octanol–water partition coefficient (Wildman–Crippen LogP) is 2.27. The van der Waals surface area contributed by atoms with Gasteiger partial charge in [-0.15, -0.1) is 0 Å². The van der Waals surface area contributed by atoms with Crippen molar-refractivity contribution in [2.75, 3.05) is 13.1 Å². The summed E-state index contributed by atoms with van der Waals surface area (Å²) in [5.74, 6) is 1.35. The summed E-state index contributed by atoms with van der Waals surface area (Å²) in [5.41, 5.74) is 5.78. The molecule has 3 heteroatoms. The highest BCUT2D eigenvalue weighted by atomic mass is 15.2. The molecule has 3 rings (SSSR count). The average Bonchev–Trinajstić information content (AvgIpc) is 3.24. The first-order valence-electron chi connectivity index (χ1n) is 7.67. The molecule has 2 saturated carbocycles. The number of fused-ring (bicyclic) bond motifs is 1. The molecule has 18 heavy (non-hydrogen) atoms. The lowest BCUT2D eigenvalue weighted by Crippen LogP contribution is -2.57. The number of hydrogen-bond acceptors (Lipinski definition) is 3. The summed E-state index contributed by atoms with van der Waals surface area (Å²) in [5, 5.41) is 9.42. The normalized spacial score (nSPS) is 36.4. The van der Waals surface area contributed by atoms with Crippen LogP contribution in [-0.2, 0) is 0 Å². The summed E-state index contributed by atoms with van der Waals surface area (Å²) in [4.78, 5) is 2.56. The number of rotatable bonds is 3. The van der Waals surface area contributed by atoms with E-state index < -0.39 is 5.54 Å². The third-order valence-electron chi connectivity index (χ3n) is 5.34. The molecule has 0 aromatic carbocycles. The lowest BCUT2D eigenvalue weighted by Gasteiger charge is -2.46. The first-order chi connectivity index (χ1) is 8.73. The van der Waals surface area contributed by atoms with Gasteiger partial charge in [-0.05, 0) is 56.9 Å². The number of nitrogens with two attached hydrogens (primary N) is 1. The second-order valence-corrected chi connectivity index (χ2v) is 6.65. The number of nitrogens with zero attached hydrogens (tertiary/aromatic N) is 2. The zero-order valence-electron chi connectivity index (χ0n) is 11.3. The standard InChI is InChI=1S/C15H25N3/c16-10-15(17,13-7-8-13)11-18-9-3-5-12-4-1-2-6-14(12)18/h12-14H,1-9,11,17H2. The molecule has 100 valence electrons. The molecule has 0 aromatic heterocycles. The fourth-order valence-corrected chi connectivity index (χ4v) is 4.11. The van der Waals surface area contributed by atoms with Crippen LogP contribution < -0.4 is 5.73 Å². The van der Waals surface area contributed by atoms with E-state index in [1.165, 1.54) is 38.5 Å². The molecule has 3 atom stereocenters. The highest BCUT2D eigenvalue weighted by Gasteiger charge is 2.45. The van der Waals surface area contributed by atoms with E-state index in [9.17, 15) is 5.26 Å². The Hall–Kier alpha value is -0.590. The van der Waals surface area contributed by atoms with Crippen LogP contribution in [0.25, 0.3) is 0 Å². The number of piperidine rings is 1. The molecule has 1 heterocycles. The Labute approximate surface area is 110 Å². The van der Waals surface area contributed by atoms with Crippen LogP contribution in [-0.4, -0.2) is 29.6 Å². The van der Waals surface area contributed by atoms with Gasteiger partial charge in [-0.2, -0.15) is 5.26 Å². The van der Waals surface area contributed by atoms with Crippen molar-refractivity contribution in [2.45, 2.75) is 62.9 Å². The first-order valence-corrected chi connectivity index (χ1v) is 7.67. The van der Waals surface area contributed by atoms with Gasteiger partial charge >= 0.3 is 0 Å². The van der Waals surface area contributed by atoms with Crippen LogP contribution in [0.15, 0.2) is 0 Å². The zero-order chi connectivity index (χ0) is 12.6. The Kier molecular flexibility index (Phi) is 3.34. The molecule has 0 bridgehead atoms. The Balaban J connectivity index is 1.69. The number of likely N-dealkylation sites (tertiary alicyclic amines) is 1. The van der Waals surface area contributed by atoms with E-state index in [2.05, 4.69) is 11.0 Å². The Morgan fingerprint density at radius 2 is 1.83 bits per heavy atom. The average molecular weight is 247 g/mol. The highest BCUT2D eigenvalue weighted by Crippen LogP contribution is 2.41. The van der Waals surface area contributed by atoms with E-state index in [-0.39, 0.29) is 0 Å². The molecular formula is C15H25N3. The van der Waals surface area contributed by atoms with Crippen molar-refractivity contribution in [3.05, 3.63) is 0 Å². The van der Waals surface area contributed by atoms with Gasteiger partial charge in [-0.1, -0.05) is 12.8 Å². The van der Waals surface area contributed by atoms with Gasteiger partial charge in [-0.3, -0.25) is 4.90 Å². The topological polar surface area (TPSA) is 53.1 Å². The molecule has 0 radical (unpaired) electrons. The monoisotopic (exact) mass is 247 g/mol. The van der Waals surface area contributed by atoms with Crippen LogP contribution in [0.3, 0.4) is 0 Å². The molecule has 3 unspecified atom stereocenters. The lowest BCUT2D eigenvalue weighted by atomic mass is 9.77. The maximum atomic E-state index is 9.42. The molecule has 3 aliphatic rings. The second kappa shape index (κ2) is 4.83. The van der Waals surface area contributed by atoms with Crippen molar-refractivity contribution < 1.29 is 0 Å². The minimum absolute atomic E-state index is 0.464. The molecule has 0 amide bonds. The molecule has 2 N–H and O–H groups in total. The summed E-state index contributed by atoms with van der Waals surface area (Å²) >= 11 is 0. The van der Waals surface area contributed by atoms with Gasteiger partial charge in [0.1, 0.15) is 5.54 Å². The molecular weight excluding hydrogens is 222 g/mol. The first kappa shape index (κ1) is 12.4. The minimum Gasteiger partial charge on any atom is -0.312 e. The summed E-state index contributed by atoms with van der Waals surface area (Å²) < 4.78 is 0. The van der Waals surface area contributed by atoms with Crippen molar-refractivity contribution in [3.8, 4) is 6.07 Å². The zero-order valence-corrected chi connectivity index (χ0v) is 11.3. The van der Waals surface area contributed by atoms with E-state index in [0.717, 1.165) is 37.9 Å². The van der Waals surface area contributed by atoms with Gasteiger partial charge in [0.15, 0.2) is 0 Å². The fraction of sp³-hybridized carbons (Fsp3) is 0.933. The van der Waals surface area contributed by atoms with E-state index >= 15 is 0 Å².